The molecule has 0 bridgehead atoms. The van der Waals surface area contributed by atoms with Crippen LogP contribution < -0.4 is 0 Å². The highest BCUT2D eigenvalue weighted by molar-refractivity contribution is 5.80. The minimum absolute atomic E-state index is 0.0908. The van der Waals surface area contributed by atoms with E-state index in [1.54, 1.807) is 0 Å². The molecule has 0 aromatic carbocycles. The van der Waals surface area contributed by atoms with Crippen molar-refractivity contribution in [2.75, 3.05) is 6.61 Å². The molecule has 1 aliphatic heterocycles. The van der Waals surface area contributed by atoms with E-state index in [0.29, 0.717) is 6.61 Å². The number of esters is 1. The largest absolute Gasteiger partial charge is 0.466 e. The third-order valence-electron chi connectivity index (χ3n) is 6.81. The summed E-state index contributed by atoms with van der Waals surface area (Å²) in [5.41, 5.74) is -2.13. The molecule has 0 aromatic rings. The zero-order valence-electron chi connectivity index (χ0n) is 15.6. The van der Waals surface area contributed by atoms with Gasteiger partial charge in [0.15, 0.2) is 0 Å². The molecule has 124 valence electrons. The smallest absolute Gasteiger partial charge is 0.313 e. The van der Waals surface area contributed by atoms with Gasteiger partial charge in [-0.05, 0) is 41.0 Å². The first-order chi connectivity index (χ1) is 9.25. The minimum Gasteiger partial charge on any atom is -0.466 e. The van der Waals surface area contributed by atoms with E-state index in [1.165, 1.54) is 0 Å². The van der Waals surface area contributed by atoms with Gasteiger partial charge < -0.3 is 9.47 Å². The molecule has 0 aliphatic carbocycles. The molecular formula is C18H34O3. The first-order valence-electron chi connectivity index (χ1n) is 8.12. The average molecular weight is 298 g/mol. The van der Waals surface area contributed by atoms with E-state index in [0.717, 1.165) is 6.42 Å². The Labute approximate surface area is 130 Å². The van der Waals surface area contributed by atoms with Gasteiger partial charge in [-0.3, -0.25) is 4.79 Å². The predicted molar refractivity (Wildman–Crippen MR) is 86.2 cm³/mol. The Hall–Kier alpha value is -0.570. The number of ether oxygens (including phenoxy) is 2. The molecule has 1 saturated heterocycles. The van der Waals surface area contributed by atoms with Crippen LogP contribution in [-0.4, -0.2) is 23.8 Å². The summed E-state index contributed by atoms with van der Waals surface area (Å²) in [5, 5.41) is 0. The third-order valence-corrected chi connectivity index (χ3v) is 6.81. The Kier molecular flexibility index (Phi) is 4.38. The second-order valence-corrected chi connectivity index (χ2v) is 8.35. The molecule has 0 amide bonds. The Morgan fingerprint density at radius 1 is 0.857 bits per heavy atom. The van der Waals surface area contributed by atoms with Gasteiger partial charge in [0, 0.05) is 10.8 Å². The summed E-state index contributed by atoms with van der Waals surface area (Å²) in [7, 11) is 0. The molecular weight excluding hydrogens is 264 g/mol. The number of rotatable bonds is 3. The Bertz CT molecular complexity index is 390. The van der Waals surface area contributed by atoms with E-state index < -0.39 is 16.6 Å². The SMILES string of the molecule is CCOC(=O)C1(CC)C(C)(C)C(C)(C)OC(C)(C)C1(C)C. The van der Waals surface area contributed by atoms with E-state index in [2.05, 4.69) is 62.3 Å². The first kappa shape index (κ1) is 18.5. The van der Waals surface area contributed by atoms with E-state index >= 15 is 0 Å². The fourth-order valence-electron chi connectivity index (χ4n) is 4.49. The highest BCUT2D eigenvalue weighted by Crippen LogP contribution is 2.68. The predicted octanol–water partition coefficient (Wildman–Crippen LogP) is 4.59. The summed E-state index contributed by atoms with van der Waals surface area (Å²) >= 11 is 0. The highest BCUT2D eigenvalue weighted by Gasteiger charge is 2.72. The number of hydrogen-bond acceptors (Lipinski definition) is 3. The standard InChI is InChI=1S/C18H34O3/c1-11-18(13(19)20-12-2)14(3,4)16(7,8)21-17(9,10)15(18,5)6/h11-12H2,1-10H3. The van der Waals surface area contributed by atoms with Crippen LogP contribution in [0.1, 0.15) is 75.7 Å². The number of hydrogen-bond donors (Lipinski definition) is 0. The van der Waals surface area contributed by atoms with Crippen molar-refractivity contribution >= 4 is 5.97 Å². The van der Waals surface area contributed by atoms with Gasteiger partial charge in [-0.1, -0.05) is 34.6 Å². The van der Waals surface area contributed by atoms with Gasteiger partial charge in [0.25, 0.3) is 0 Å². The molecule has 3 heteroatoms. The fraction of sp³-hybridized carbons (Fsp3) is 0.944. The summed E-state index contributed by atoms with van der Waals surface area (Å²) in [5.74, 6) is -0.0908. The second-order valence-electron chi connectivity index (χ2n) is 8.35. The van der Waals surface area contributed by atoms with Crippen LogP contribution >= 0.6 is 0 Å². The molecule has 1 aliphatic rings. The topological polar surface area (TPSA) is 35.5 Å². The molecule has 1 rings (SSSR count). The first-order valence-corrected chi connectivity index (χ1v) is 8.12. The summed E-state index contributed by atoms with van der Waals surface area (Å²) in [4.78, 5) is 13.1. The van der Waals surface area contributed by atoms with Crippen LogP contribution in [-0.2, 0) is 14.3 Å². The van der Waals surface area contributed by atoms with Crippen LogP contribution in [0.3, 0.4) is 0 Å². The van der Waals surface area contributed by atoms with Crippen LogP contribution in [0.2, 0.25) is 0 Å². The Balaban J connectivity index is 3.69. The lowest BCUT2D eigenvalue weighted by atomic mass is 9.42. The molecule has 0 saturated carbocycles. The maximum absolute atomic E-state index is 13.1. The lowest BCUT2D eigenvalue weighted by molar-refractivity contribution is -0.328. The Morgan fingerprint density at radius 3 is 1.52 bits per heavy atom. The van der Waals surface area contributed by atoms with Gasteiger partial charge in [0.05, 0.1) is 23.2 Å². The second kappa shape index (κ2) is 4.97. The molecule has 21 heavy (non-hydrogen) atoms. The van der Waals surface area contributed by atoms with Crippen molar-refractivity contribution < 1.29 is 14.3 Å². The molecule has 0 atom stereocenters. The van der Waals surface area contributed by atoms with Gasteiger partial charge >= 0.3 is 5.97 Å². The van der Waals surface area contributed by atoms with Crippen molar-refractivity contribution in [1.29, 1.82) is 0 Å². The molecule has 0 N–H and O–H groups in total. The quantitative estimate of drug-likeness (QED) is 0.715. The van der Waals surface area contributed by atoms with Gasteiger partial charge in [-0.15, -0.1) is 0 Å². The van der Waals surface area contributed by atoms with E-state index in [1.807, 2.05) is 6.92 Å². The van der Waals surface area contributed by atoms with Crippen molar-refractivity contribution in [2.45, 2.75) is 86.9 Å². The van der Waals surface area contributed by atoms with E-state index in [9.17, 15) is 4.79 Å². The fourth-order valence-corrected chi connectivity index (χ4v) is 4.49. The van der Waals surface area contributed by atoms with Crippen LogP contribution in [0.5, 0.6) is 0 Å². The van der Waals surface area contributed by atoms with Crippen molar-refractivity contribution in [3.8, 4) is 0 Å². The monoisotopic (exact) mass is 298 g/mol. The summed E-state index contributed by atoms with van der Waals surface area (Å²) in [6.45, 7) is 21.3. The van der Waals surface area contributed by atoms with Crippen LogP contribution in [0.4, 0.5) is 0 Å². The summed E-state index contributed by atoms with van der Waals surface area (Å²) in [6, 6.07) is 0. The van der Waals surface area contributed by atoms with Crippen molar-refractivity contribution in [3.05, 3.63) is 0 Å². The summed E-state index contributed by atoms with van der Waals surface area (Å²) < 4.78 is 12.0. The van der Waals surface area contributed by atoms with E-state index in [-0.39, 0.29) is 16.8 Å². The van der Waals surface area contributed by atoms with Crippen LogP contribution in [0.15, 0.2) is 0 Å². The third kappa shape index (κ3) is 2.07. The van der Waals surface area contributed by atoms with Crippen molar-refractivity contribution in [3.63, 3.8) is 0 Å². The van der Waals surface area contributed by atoms with Crippen molar-refractivity contribution in [2.24, 2.45) is 16.2 Å². The van der Waals surface area contributed by atoms with Gasteiger partial charge in [-0.2, -0.15) is 0 Å². The zero-order chi connectivity index (χ0) is 16.9. The van der Waals surface area contributed by atoms with Gasteiger partial charge in [0.2, 0.25) is 0 Å². The Morgan fingerprint density at radius 2 is 1.24 bits per heavy atom. The van der Waals surface area contributed by atoms with Crippen LogP contribution in [0, 0.1) is 16.2 Å². The van der Waals surface area contributed by atoms with Gasteiger partial charge in [-0.25, -0.2) is 0 Å². The summed E-state index contributed by atoms with van der Waals surface area (Å²) in [6.07, 6.45) is 0.738. The maximum Gasteiger partial charge on any atom is 0.313 e. The minimum atomic E-state index is -0.596. The molecule has 0 unspecified atom stereocenters. The normalized spacial score (nSPS) is 27.9. The molecule has 0 radical (unpaired) electrons. The van der Waals surface area contributed by atoms with Crippen molar-refractivity contribution in [1.82, 2.24) is 0 Å². The number of carbonyl (C=O) groups excluding carboxylic acids is 1. The van der Waals surface area contributed by atoms with E-state index in [4.69, 9.17) is 9.47 Å². The van der Waals surface area contributed by atoms with Gasteiger partial charge in [0.1, 0.15) is 0 Å². The molecule has 0 spiro atoms. The lowest BCUT2D eigenvalue weighted by Crippen LogP contribution is -2.73. The average Bonchev–Trinajstić information content (AvgIpc) is 2.26. The maximum atomic E-state index is 13.1. The highest BCUT2D eigenvalue weighted by atomic mass is 16.5. The molecule has 1 heterocycles. The lowest BCUT2D eigenvalue weighted by Gasteiger charge is -2.69. The van der Waals surface area contributed by atoms with Crippen LogP contribution in [0.25, 0.3) is 0 Å². The molecule has 1 fully saturated rings. The molecule has 3 nitrogen and oxygen atoms in total. The zero-order valence-corrected chi connectivity index (χ0v) is 15.6. The number of carbonyl (C=O) groups is 1. The molecule has 0 aromatic heterocycles.